The first-order valence-corrected chi connectivity index (χ1v) is 7.60. The topological polar surface area (TPSA) is 71.4 Å². The van der Waals surface area contributed by atoms with Gasteiger partial charge in [0.05, 0.1) is 10.0 Å². The number of nitriles is 1. The lowest BCUT2D eigenvalue weighted by Crippen LogP contribution is -2.13. The van der Waals surface area contributed by atoms with Gasteiger partial charge in [0.1, 0.15) is 11.6 Å². The number of anilines is 1. The van der Waals surface area contributed by atoms with Crippen molar-refractivity contribution in [2.45, 2.75) is 0 Å². The van der Waals surface area contributed by atoms with Crippen LogP contribution in [0.5, 0.6) is 11.5 Å². The summed E-state index contributed by atoms with van der Waals surface area (Å²) in [6.45, 7) is 0.146. The second kappa shape index (κ2) is 6.83. The molecular formula is C17H10Cl2N2O3. The smallest absolute Gasteiger partial charge is 0.266 e. The zero-order valence-corrected chi connectivity index (χ0v) is 13.7. The van der Waals surface area contributed by atoms with E-state index in [1.54, 1.807) is 36.4 Å². The Morgan fingerprint density at radius 2 is 1.92 bits per heavy atom. The molecule has 24 heavy (non-hydrogen) atoms. The van der Waals surface area contributed by atoms with E-state index in [2.05, 4.69) is 5.32 Å². The molecule has 1 N–H and O–H groups in total. The molecule has 7 heteroatoms. The second-order valence-corrected chi connectivity index (χ2v) is 5.68. The normalized spacial score (nSPS) is 12.6. The van der Waals surface area contributed by atoms with E-state index in [0.29, 0.717) is 32.8 Å². The number of carbonyl (C=O) groups excluding carboxylic acids is 1. The summed E-state index contributed by atoms with van der Waals surface area (Å²) in [5.74, 6) is 0.613. The van der Waals surface area contributed by atoms with Crippen LogP contribution in [0.25, 0.3) is 6.08 Å². The minimum atomic E-state index is -0.539. The minimum absolute atomic E-state index is 0.0638. The number of rotatable bonds is 3. The summed E-state index contributed by atoms with van der Waals surface area (Å²) in [4.78, 5) is 12.3. The Labute approximate surface area is 148 Å². The number of ether oxygens (including phenoxy) is 2. The van der Waals surface area contributed by atoms with Crippen molar-refractivity contribution in [2.24, 2.45) is 0 Å². The molecule has 1 heterocycles. The van der Waals surface area contributed by atoms with Gasteiger partial charge in [0.15, 0.2) is 11.5 Å². The lowest BCUT2D eigenvalue weighted by Gasteiger charge is -2.05. The summed E-state index contributed by atoms with van der Waals surface area (Å²) in [6, 6.07) is 11.7. The van der Waals surface area contributed by atoms with Crippen LogP contribution >= 0.6 is 23.2 Å². The van der Waals surface area contributed by atoms with E-state index in [4.69, 9.17) is 32.7 Å². The van der Waals surface area contributed by atoms with E-state index >= 15 is 0 Å². The molecule has 0 atom stereocenters. The fraction of sp³-hybridized carbons (Fsp3) is 0.0588. The van der Waals surface area contributed by atoms with Crippen molar-refractivity contribution in [1.82, 2.24) is 0 Å². The first-order valence-electron chi connectivity index (χ1n) is 6.84. The number of benzene rings is 2. The maximum atomic E-state index is 12.3. The predicted molar refractivity (Wildman–Crippen MR) is 91.2 cm³/mol. The van der Waals surface area contributed by atoms with Crippen molar-refractivity contribution in [3.05, 3.63) is 57.6 Å². The standard InChI is InChI=1S/C17H10Cl2N2O3/c18-13-3-1-10(6-14(13)19)5-11(8-20)17(22)21-12-2-4-15-16(7-12)24-9-23-15/h1-7H,9H2,(H,21,22)/b11-5+. The molecular weight excluding hydrogens is 351 g/mol. The third-order valence-corrected chi connectivity index (χ3v) is 3.99. The van der Waals surface area contributed by atoms with Crippen molar-refractivity contribution in [3.63, 3.8) is 0 Å². The van der Waals surface area contributed by atoms with Gasteiger partial charge in [-0.15, -0.1) is 0 Å². The Balaban J connectivity index is 1.80. The SMILES string of the molecule is N#C/C(=C\c1ccc(Cl)c(Cl)c1)C(=O)Nc1ccc2c(c1)OCO2. The molecule has 1 aliphatic heterocycles. The van der Waals surface area contributed by atoms with Gasteiger partial charge < -0.3 is 14.8 Å². The number of nitrogens with one attached hydrogen (secondary N) is 1. The third kappa shape index (κ3) is 3.46. The fourth-order valence-electron chi connectivity index (χ4n) is 2.09. The van der Waals surface area contributed by atoms with Crippen molar-refractivity contribution in [2.75, 3.05) is 12.1 Å². The molecule has 0 spiro atoms. The van der Waals surface area contributed by atoms with Crippen LogP contribution in [0.15, 0.2) is 42.0 Å². The maximum Gasteiger partial charge on any atom is 0.266 e. The third-order valence-electron chi connectivity index (χ3n) is 3.25. The van der Waals surface area contributed by atoms with Gasteiger partial charge in [-0.05, 0) is 35.9 Å². The van der Waals surface area contributed by atoms with Gasteiger partial charge in [-0.1, -0.05) is 29.3 Å². The Morgan fingerprint density at radius 3 is 2.67 bits per heavy atom. The second-order valence-electron chi connectivity index (χ2n) is 4.87. The molecule has 1 amide bonds. The number of nitrogens with zero attached hydrogens (tertiary/aromatic N) is 1. The van der Waals surface area contributed by atoms with Crippen LogP contribution in [0.4, 0.5) is 5.69 Å². The molecule has 0 unspecified atom stereocenters. The van der Waals surface area contributed by atoms with Crippen molar-refractivity contribution in [3.8, 4) is 17.6 Å². The van der Waals surface area contributed by atoms with Crippen LogP contribution in [0.3, 0.4) is 0 Å². The van der Waals surface area contributed by atoms with E-state index in [9.17, 15) is 10.1 Å². The van der Waals surface area contributed by atoms with Crippen LogP contribution in [0, 0.1) is 11.3 Å². The maximum absolute atomic E-state index is 12.3. The molecule has 0 fully saturated rings. The molecule has 1 aliphatic rings. The summed E-state index contributed by atoms with van der Waals surface area (Å²) in [6.07, 6.45) is 1.44. The van der Waals surface area contributed by atoms with Gasteiger partial charge in [0, 0.05) is 11.8 Å². The van der Waals surface area contributed by atoms with Crippen LogP contribution in [-0.2, 0) is 4.79 Å². The molecule has 5 nitrogen and oxygen atoms in total. The zero-order valence-electron chi connectivity index (χ0n) is 12.2. The van der Waals surface area contributed by atoms with E-state index in [-0.39, 0.29) is 12.4 Å². The summed E-state index contributed by atoms with van der Waals surface area (Å²) >= 11 is 11.8. The number of hydrogen-bond donors (Lipinski definition) is 1. The highest BCUT2D eigenvalue weighted by Crippen LogP contribution is 2.34. The predicted octanol–water partition coefficient (Wildman–Crippen LogP) is 4.27. The summed E-state index contributed by atoms with van der Waals surface area (Å²) in [5, 5.41) is 12.6. The molecule has 0 saturated heterocycles. The summed E-state index contributed by atoms with van der Waals surface area (Å²) in [7, 11) is 0. The van der Waals surface area contributed by atoms with Gasteiger partial charge in [-0.25, -0.2) is 0 Å². The summed E-state index contributed by atoms with van der Waals surface area (Å²) in [5.41, 5.74) is 1.03. The van der Waals surface area contributed by atoms with Gasteiger partial charge in [-0.2, -0.15) is 5.26 Å². The first kappa shape index (κ1) is 16.2. The number of hydrogen-bond acceptors (Lipinski definition) is 4. The highest BCUT2D eigenvalue weighted by molar-refractivity contribution is 6.42. The number of fused-ring (bicyclic) bond motifs is 1. The summed E-state index contributed by atoms with van der Waals surface area (Å²) < 4.78 is 10.5. The van der Waals surface area contributed by atoms with E-state index in [0.717, 1.165) is 0 Å². The Hall–Kier alpha value is -2.68. The average Bonchev–Trinajstić information content (AvgIpc) is 3.03. The molecule has 2 aromatic carbocycles. The van der Waals surface area contributed by atoms with Gasteiger partial charge in [0.2, 0.25) is 6.79 Å². The van der Waals surface area contributed by atoms with Crippen molar-refractivity contribution < 1.29 is 14.3 Å². The Morgan fingerprint density at radius 1 is 1.12 bits per heavy atom. The highest BCUT2D eigenvalue weighted by atomic mass is 35.5. The van der Waals surface area contributed by atoms with Crippen LogP contribution in [0.1, 0.15) is 5.56 Å². The van der Waals surface area contributed by atoms with Gasteiger partial charge in [-0.3, -0.25) is 4.79 Å². The Kier molecular flexibility index (Phi) is 4.61. The average molecular weight is 361 g/mol. The van der Waals surface area contributed by atoms with Gasteiger partial charge in [0.25, 0.3) is 5.91 Å². The zero-order chi connectivity index (χ0) is 17.1. The lowest BCUT2D eigenvalue weighted by atomic mass is 10.1. The molecule has 0 radical (unpaired) electrons. The molecule has 0 saturated carbocycles. The van der Waals surface area contributed by atoms with Gasteiger partial charge >= 0.3 is 0 Å². The monoisotopic (exact) mass is 360 g/mol. The highest BCUT2D eigenvalue weighted by Gasteiger charge is 2.15. The first-order chi connectivity index (χ1) is 11.6. The number of halogens is 2. The number of carbonyl (C=O) groups is 1. The fourth-order valence-corrected chi connectivity index (χ4v) is 2.40. The van der Waals surface area contributed by atoms with E-state index < -0.39 is 5.91 Å². The minimum Gasteiger partial charge on any atom is -0.454 e. The van der Waals surface area contributed by atoms with E-state index in [1.807, 2.05) is 6.07 Å². The van der Waals surface area contributed by atoms with Crippen LogP contribution in [0.2, 0.25) is 10.0 Å². The molecule has 0 bridgehead atoms. The molecule has 0 aromatic heterocycles. The van der Waals surface area contributed by atoms with E-state index in [1.165, 1.54) is 6.08 Å². The molecule has 120 valence electrons. The van der Waals surface area contributed by atoms with Crippen LogP contribution in [-0.4, -0.2) is 12.7 Å². The molecule has 3 rings (SSSR count). The van der Waals surface area contributed by atoms with Crippen LogP contribution < -0.4 is 14.8 Å². The van der Waals surface area contributed by atoms with Crippen molar-refractivity contribution in [1.29, 1.82) is 5.26 Å². The largest absolute Gasteiger partial charge is 0.454 e. The quantitative estimate of drug-likeness (QED) is 0.655. The molecule has 2 aromatic rings. The Bertz CT molecular complexity index is 888. The number of amides is 1. The molecule has 0 aliphatic carbocycles. The lowest BCUT2D eigenvalue weighted by molar-refractivity contribution is -0.112. The van der Waals surface area contributed by atoms with Crippen molar-refractivity contribution >= 4 is 40.9 Å².